The summed E-state index contributed by atoms with van der Waals surface area (Å²) in [5.41, 5.74) is 3.55. The summed E-state index contributed by atoms with van der Waals surface area (Å²) < 4.78 is 13.4. The van der Waals surface area contributed by atoms with Crippen molar-refractivity contribution in [2.75, 3.05) is 0 Å². The van der Waals surface area contributed by atoms with Gasteiger partial charge in [-0.05, 0) is 53.5 Å². The van der Waals surface area contributed by atoms with Crippen LogP contribution in [0.3, 0.4) is 0 Å². The molecule has 2 aliphatic carbocycles. The molecule has 0 aromatic heterocycles. The zero-order valence-corrected chi connectivity index (χ0v) is 12.9. The van der Waals surface area contributed by atoms with Crippen molar-refractivity contribution in [1.82, 2.24) is 0 Å². The van der Waals surface area contributed by atoms with Crippen LogP contribution < -0.4 is 0 Å². The summed E-state index contributed by atoms with van der Waals surface area (Å²) in [6.07, 6.45) is 11.5. The first kappa shape index (κ1) is 15.0. The third-order valence-corrected chi connectivity index (χ3v) is 4.53. The molecule has 0 saturated heterocycles. The second-order valence-electron chi connectivity index (χ2n) is 6.19. The van der Waals surface area contributed by atoms with Gasteiger partial charge in [0.15, 0.2) is 0 Å². The van der Waals surface area contributed by atoms with Crippen molar-refractivity contribution in [2.45, 2.75) is 20.0 Å². The summed E-state index contributed by atoms with van der Waals surface area (Å²) in [4.78, 5) is 0. The minimum absolute atomic E-state index is 0.179. The van der Waals surface area contributed by atoms with E-state index in [4.69, 9.17) is 0 Å². The van der Waals surface area contributed by atoms with E-state index in [0.717, 1.165) is 5.56 Å². The second-order valence-corrected chi connectivity index (χ2v) is 6.19. The van der Waals surface area contributed by atoms with Gasteiger partial charge in [0.25, 0.3) is 0 Å². The molecule has 2 aliphatic rings. The quantitative estimate of drug-likeness (QED) is 0.810. The summed E-state index contributed by atoms with van der Waals surface area (Å²) in [6.45, 7) is 3.98. The van der Waals surface area contributed by atoms with Crippen LogP contribution in [0.25, 0.3) is 5.57 Å². The van der Waals surface area contributed by atoms with Gasteiger partial charge in [-0.1, -0.05) is 55.5 Å². The largest absolute Gasteiger partial charge is 0.389 e. The van der Waals surface area contributed by atoms with Crippen LogP contribution in [-0.2, 0) is 0 Å². The van der Waals surface area contributed by atoms with Crippen LogP contribution in [0.4, 0.5) is 4.39 Å². The molecule has 0 aliphatic heterocycles. The van der Waals surface area contributed by atoms with Crippen LogP contribution in [0.2, 0.25) is 0 Å². The van der Waals surface area contributed by atoms with Crippen molar-refractivity contribution in [3.8, 4) is 0 Å². The van der Waals surface area contributed by atoms with E-state index >= 15 is 0 Å². The fourth-order valence-electron chi connectivity index (χ4n) is 3.37. The Morgan fingerprint density at radius 1 is 1.18 bits per heavy atom. The van der Waals surface area contributed by atoms with E-state index in [9.17, 15) is 9.50 Å². The predicted octanol–water partition coefficient (Wildman–Crippen LogP) is 4.52. The van der Waals surface area contributed by atoms with Gasteiger partial charge in [-0.25, -0.2) is 4.39 Å². The molecule has 0 heterocycles. The van der Waals surface area contributed by atoms with Crippen molar-refractivity contribution in [3.63, 3.8) is 0 Å². The number of fused-ring (bicyclic) bond motifs is 1. The highest BCUT2D eigenvalue weighted by molar-refractivity contribution is 5.75. The van der Waals surface area contributed by atoms with Crippen LogP contribution in [0, 0.1) is 23.6 Å². The van der Waals surface area contributed by atoms with Crippen molar-refractivity contribution < 1.29 is 9.50 Å². The molecule has 1 aromatic rings. The van der Waals surface area contributed by atoms with E-state index < -0.39 is 6.10 Å². The lowest BCUT2D eigenvalue weighted by Gasteiger charge is -2.12. The molecule has 0 spiro atoms. The fourth-order valence-corrected chi connectivity index (χ4v) is 3.37. The maximum Gasteiger partial charge on any atom is 0.123 e. The maximum atomic E-state index is 13.4. The fraction of sp³-hybridized carbons (Fsp3) is 0.300. The monoisotopic (exact) mass is 296 g/mol. The average molecular weight is 296 g/mol. The molecular formula is C20H21FO. The molecule has 0 radical (unpaired) electrons. The number of aliphatic hydroxyl groups is 1. The third-order valence-electron chi connectivity index (χ3n) is 4.53. The molecule has 2 heteroatoms. The number of hydrogen-bond acceptors (Lipinski definition) is 1. The van der Waals surface area contributed by atoms with Gasteiger partial charge in [0, 0.05) is 0 Å². The molecule has 1 saturated carbocycles. The van der Waals surface area contributed by atoms with Gasteiger partial charge in [-0.15, -0.1) is 0 Å². The number of hydrogen-bond donors (Lipinski definition) is 1. The Labute approximate surface area is 131 Å². The number of benzene rings is 1. The molecule has 3 rings (SSSR count). The molecule has 4 atom stereocenters. The van der Waals surface area contributed by atoms with Crippen molar-refractivity contribution in [2.24, 2.45) is 17.8 Å². The smallest absolute Gasteiger partial charge is 0.123 e. The number of allylic oxidation sites excluding steroid dienone is 7. The zero-order valence-electron chi connectivity index (χ0n) is 12.9. The summed E-state index contributed by atoms with van der Waals surface area (Å²) >= 11 is 0. The Hall–Kier alpha value is -1.93. The van der Waals surface area contributed by atoms with Crippen molar-refractivity contribution in [3.05, 3.63) is 77.7 Å². The summed E-state index contributed by atoms with van der Waals surface area (Å²) in [5.74, 6) is 1.43. The zero-order chi connectivity index (χ0) is 15.7. The highest BCUT2D eigenvalue weighted by Gasteiger charge is 2.51. The standard InChI is InChI=1S/C20H21FO/c1-13(22)6-3-4-7-15-10-11-18(20-14(2)19(15)20)16-8-5-9-17(21)12-16/h3-14,19-20,22H,1-2H3/b6-3-,7-4+. The van der Waals surface area contributed by atoms with Crippen LogP contribution in [0.1, 0.15) is 19.4 Å². The lowest BCUT2D eigenvalue weighted by atomic mass is 9.93. The molecule has 1 N–H and O–H groups in total. The van der Waals surface area contributed by atoms with E-state index in [1.54, 1.807) is 25.1 Å². The predicted molar refractivity (Wildman–Crippen MR) is 88.6 cm³/mol. The van der Waals surface area contributed by atoms with Crippen LogP contribution >= 0.6 is 0 Å². The topological polar surface area (TPSA) is 20.2 Å². The summed E-state index contributed by atoms with van der Waals surface area (Å²) in [6, 6.07) is 6.86. The van der Waals surface area contributed by atoms with E-state index in [-0.39, 0.29) is 5.82 Å². The molecule has 1 fully saturated rings. The molecule has 1 aromatic carbocycles. The lowest BCUT2D eigenvalue weighted by Crippen LogP contribution is -1.96. The Bertz CT molecular complexity index is 679. The molecule has 4 unspecified atom stereocenters. The van der Waals surface area contributed by atoms with Gasteiger partial charge in [-0.2, -0.15) is 0 Å². The van der Waals surface area contributed by atoms with E-state index in [1.807, 2.05) is 18.2 Å². The highest BCUT2D eigenvalue weighted by atomic mass is 19.1. The van der Waals surface area contributed by atoms with Gasteiger partial charge in [-0.3, -0.25) is 0 Å². The minimum Gasteiger partial charge on any atom is -0.389 e. The molecule has 1 nitrogen and oxygen atoms in total. The third kappa shape index (κ3) is 2.97. The Morgan fingerprint density at radius 3 is 2.73 bits per heavy atom. The van der Waals surface area contributed by atoms with Crippen LogP contribution in [0.5, 0.6) is 0 Å². The summed E-state index contributed by atoms with van der Waals surface area (Å²) in [5, 5.41) is 9.20. The van der Waals surface area contributed by atoms with Gasteiger partial charge in [0.2, 0.25) is 0 Å². The normalized spacial score (nSPS) is 28.5. The van der Waals surface area contributed by atoms with Crippen molar-refractivity contribution in [1.29, 1.82) is 0 Å². The van der Waals surface area contributed by atoms with Crippen LogP contribution in [-0.4, -0.2) is 11.2 Å². The minimum atomic E-state index is -0.419. The van der Waals surface area contributed by atoms with Crippen molar-refractivity contribution >= 4 is 5.57 Å². The van der Waals surface area contributed by atoms with Gasteiger partial charge in [0.1, 0.15) is 5.82 Å². The second kappa shape index (κ2) is 6.05. The van der Waals surface area contributed by atoms with Gasteiger partial charge >= 0.3 is 0 Å². The lowest BCUT2D eigenvalue weighted by molar-refractivity contribution is 0.244. The Balaban J connectivity index is 1.82. The van der Waals surface area contributed by atoms with E-state index in [1.165, 1.54) is 17.2 Å². The molecule has 22 heavy (non-hydrogen) atoms. The van der Waals surface area contributed by atoms with Gasteiger partial charge < -0.3 is 5.11 Å². The summed E-state index contributed by atoms with van der Waals surface area (Å²) in [7, 11) is 0. The number of rotatable bonds is 4. The first-order valence-electron chi connectivity index (χ1n) is 7.78. The van der Waals surface area contributed by atoms with E-state index in [2.05, 4.69) is 25.2 Å². The molecular weight excluding hydrogens is 275 g/mol. The number of halogens is 1. The first-order chi connectivity index (χ1) is 10.6. The number of aliphatic hydroxyl groups excluding tert-OH is 1. The Morgan fingerprint density at radius 2 is 2.00 bits per heavy atom. The molecule has 114 valence electrons. The highest BCUT2D eigenvalue weighted by Crippen LogP contribution is 2.59. The maximum absolute atomic E-state index is 13.4. The molecule has 0 amide bonds. The average Bonchev–Trinajstić information content (AvgIpc) is 3.15. The first-order valence-corrected chi connectivity index (χ1v) is 7.78. The molecule has 0 bridgehead atoms. The van der Waals surface area contributed by atoms with Crippen LogP contribution in [0.15, 0.2) is 66.3 Å². The Kier molecular flexibility index (Phi) is 4.12. The van der Waals surface area contributed by atoms with E-state index in [0.29, 0.717) is 17.8 Å². The van der Waals surface area contributed by atoms with Gasteiger partial charge in [0.05, 0.1) is 6.10 Å². The SMILES string of the molecule is CC(O)/C=C\C=C\C1=CC=C(c2cccc(F)c2)C2C(C)C12.